The molecule has 0 aliphatic heterocycles. The number of nitrogens with zero attached hydrogens (tertiary/aromatic N) is 1. The number of phenols is 1. The van der Waals surface area contributed by atoms with E-state index in [2.05, 4.69) is 26.5 Å². The quantitative estimate of drug-likeness (QED) is 0.540. The van der Waals surface area contributed by atoms with Crippen LogP contribution in [-0.4, -0.2) is 17.2 Å². The summed E-state index contributed by atoms with van der Waals surface area (Å²) in [5, 5.41) is 15.7. The van der Waals surface area contributed by atoms with E-state index in [1.54, 1.807) is 24.3 Å². The van der Waals surface area contributed by atoms with Crippen molar-refractivity contribution in [1.29, 1.82) is 0 Å². The maximum Gasteiger partial charge on any atom is 0.271 e. The average molecular weight is 369 g/mol. The van der Waals surface area contributed by atoms with Crippen molar-refractivity contribution in [3.05, 3.63) is 76.3 Å². The van der Waals surface area contributed by atoms with Crippen LogP contribution in [0.25, 0.3) is 10.8 Å². The fourth-order valence-corrected chi connectivity index (χ4v) is 2.56. The van der Waals surface area contributed by atoms with Crippen LogP contribution < -0.4 is 5.43 Å². The second-order valence-corrected chi connectivity index (χ2v) is 5.88. The van der Waals surface area contributed by atoms with Gasteiger partial charge < -0.3 is 5.11 Å². The number of halogens is 1. The summed E-state index contributed by atoms with van der Waals surface area (Å²) in [6, 6.07) is 18.3. The van der Waals surface area contributed by atoms with Crippen LogP contribution in [0.15, 0.2) is 70.2 Å². The Balaban J connectivity index is 1.75. The lowest BCUT2D eigenvalue weighted by atomic mass is 10.1. The standard InChI is InChI=1S/C18H13BrN2O2/c19-16-7-8-17(22)15(10-16)11-20-21-18(23)14-6-5-12-3-1-2-4-13(12)9-14/h1-11,22H,(H,21,23)/b20-11-. The van der Waals surface area contributed by atoms with E-state index in [0.29, 0.717) is 11.1 Å². The molecule has 3 aromatic carbocycles. The molecular formula is C18H13BrN2O2. The lowest BCUT2D eigenvalue weighted by molar-refractivity contribution is 0.0955. The van der Waals surface area contributed by atoms with E-state index in [1.807, 2.05) is 36.4 Å². The summed E-state index contributed by atoms with van der Waals surface area (Å²) in [7, 11) is 0. The van der Waals surface area contributed by atoms with Crippen molar-refractivity contribution in [3.63, 3.8) is 0 Å². The van der Waals surface area contributed by atoms with E-state index in [-0.39, 0.29) is 11.7 Å². The molecule has 23 heavy (non-hydrogen) atoms. The predicted molar refractivity (Wildman–Crippen MR) is 94.8 cm³/mol. The van der Waals surface area contributed by atoms with Gasteiger partial charge in [0.2, 0.25) is 0 Å². The number of benzene rings is 3. The van der Waals surface area contributed by atoms with Crippen LogP contribution in [0.5, 0.6) is 5.75 Å². The molecule has 0 spiro atoms. The molecule has 3 aromatic rings. The van der Waals surface area contributed by atoms with Crippen LogP contribution in [0.1, 0.15) is 15.9 Å². The summed E-state index contributed by atoms with van der Waals surface area (Å²) in [4.78, 5) is 12.1. The predicted octanol–water partition coefficient (Wildman–Crippen LogP) is 4.07. The first-order valence-corrected chi connectivity index (χ1v) is 7.73. The van der Waals surface area contributed by atoms with Crippen molar-refractivity contribution in [2.45, 2.75) is 0 Å². The fraction of sp³-hybridized carbons (Fsp3) is 0. The molecule has 0 unspecified atom stereocenters. The molecule has 0 atom stereocenters. The SMILES string of the molecule is O=C(N/N=C\c1cc(Br)ccc1O)c1ccc2ccccc2c1. The molecule has 114 valence electrons. The number of hydrazone groups is 1. The molecule has 0 fully saturated rings. The summed E-state index contributed by atoms with van der Waals surface area (Å²) < 4.78 is 0.817. The Morgan fingerprint density at radius 3 is 2.65 bits per heavy atom. The maximum absolute atomic E-state index is 12.1. The van der Waals surface area contributed by atoms with Gasteiger partial charge in [0.1, 0.15) is 5.75 Å². The molecular weight excluding hydrogens is 356 g/mol. The highest BCUT2D eigenvalue weighted by atomic mass is 79.9. The van der Waals surface area contributed by atoms with Gasteiger partial charge in [-0.05, 0) is 41.1 Å². The third-order valence-corrected chi connectivity index (χ3v) is 3.86. The monoisotopic (exact) mass is 368 g/mol. The van der Waals surface area contributed by atoms with Crippen LogP contribution in [0.3, 0.4) is 0 Å². The van der Waals surface area contributed by atoms with E-state index in [9.17, 15) is 9.90 Å². The number of carbonyl (C=O) groups excluding carboxylic acids is 1. The van der Waals surface area contributed by atoms with Crippen molar-refractivity contribution < 1.29 is 9.90 Å². The molecule has 0 radical (unpaired) electrons. The fourth-order valence-electron chi connectivity index (χ4n) is 2.18. The summed E-state index contributed by atoms with van der Waals surface area (Å²) in [5.74, 6) is -0.210. The van der Waals surface area contributed by atoms with Gasteiger partial charge >= 0.3 is 0 Å². The zero-order valence-electron chi connectivity index (χ0n) is 12.0. The number of hydrogen-bond donors (Lipinski definition) is 2. The molecule has 3 rings (SSSR count). The first-order chi connectivity index (χ1) is 11.1. The Morgan fingerprint density at radius 2 is 1.83 bits per heavy atom. The molecule has 0 aromatic heterocycles. The Labute approximate surface area is 141 Å². The molecule has 0 saturated heterocycles. The van der Waals surface area contributed by atoms with Gasteiger partial charge in [0.25, 0.3) is 5.91 Å². The minimum atomic E-state index is -0.304. The van der Waals surface area contributed by atoms with Crippen molar-refractivity contribution in [1.82, 2.24) is 5.43 Å². The number of nitrogens with one attached hydrogen (secondary N) is 1. The van der Waals surface area contributed by atoms with Crippen molar-refractivity contribution >= 4 is 38.8 Å². The summed E-state index contributed by atoms with van der Waals surface area (Å²) in [5.41, 5.74) is 3.50. The van der Waals surface area contributed by atoms with E-state index < -0.39 is 0 Å². The third-order valence-electron chi connectivity index (χ3n) is 3.37. The molecule has 1 amide bonds. The molecule has 4 nitrogen and oxygen atoms in total. The highest BCUT2D eigenvalue weighted by molar-refractivity contribution is 9.10. The number of carbonyl (C=O) groups is 1. The van der Waals surface area contributed by atoms with Gasteiger partial charge in [0, 0.05) is 15.6 Å². The van der Waals surface area contributed by atoms with Crippen LogP contribution >= 0.6 is 15.9 Å². The van der Waals surface area contributed by atoms with Gasteiger partial charge in [-0.25, -0.2) is 5.43 Å². The molecule has 0 bridgehead atoms. The Bertz CT molecular complexity index is 906. The highest BCUT2D eigenvalue weighted by Crippen LogP contribution is 2.20. The molecule has 0 heterocycles. The Kier molecular flexibility index (Phi) is 4.39. The van der Waals surface area contributed by atoms with Gasteiger partial charge in [-0.2, -0.15) is 5.10 Å². The van der Waals surface area contributed by atoms with E-state index in [4.69, 9.17) is 0 Å². The second kappa shape index (κ2) is 6.62. The second-order valence-electron chi connectivity index (χ2n) is 4.96. The van der Waals surface area contributed by atoms with Gasteiger partial charge in [-0.15, -0.1) is 0 Å². The number of fused-ring (bicyclic) bond motifs is 1. The van der Waals surface area contributed by atoms with Gasteiger partial charge in [0.15, 0.2) is 0 Å². The van der Waals surface area contributed by atoms with E-state index >= 15 is 0 Å². The number of hydrogen-bond acceptors (Lipinski definition) is 3. The first-order valence-electron chi connectivity index (χ1n) is 6.94. The zero-order valence-corrected chi connectivity index (χ0v) is 13.6. The van der Waals surface area contributed by atoms with Gasteiger partial charge in [-0.1, -0.05) is 46.3 Å². The number of amides is 1. The molecule has 0 saturated carbocycles. The van der Waals surface area contributed by atoms with Crippen molar-refractivity contribution in [3.8, 4) is 5.75 Å². The van der Waals surface area contributed by atoms with Gasteiger partial charge in [-0.3, -0.25) is 4.79 Å². The van der Waals surface area contributed by atoms with Gasteiger partial charge in [0.05, 0.1) is 6.21 Å². The number of phenolic OH excluding ortho intramolecular Hbond substituents is 1. The lowest BCUT2D eigenvalue weighted by Gasteiger charge is -2.03. The van der Waals surface area contributed by atoms with Crippen LogP contribution in [0.4, 0.5) is 0 Å². The minimum Gasteiger partial charge on any atom is -0.507 e. The average Bonchev–Trinajstić information content (AvgIpc) is 2.57. The molecule has 2 N–H and O–H groups in total. The van der Waals surface area contributed by atoms with Crippen LogP contribution in [-0.2, 0) is 0 Å². The normalized spacial score (nSPS) is 11.0. The van der Waals surface area contributed by atoms with Crippen molar-refractivity contribution in [2.75, 3.05) is 0 Å². The van der Waals surface area contributed by atoms with Crippen LogP contribution in [0, 0.1) is 0 Å². The maximum atomic E-state index is 12.1. The first kappa shape index (κ1) is 15.2. The lowest BCUT2D eigenvalue weighted by Crippen LogP contribution is -2.17. The molecule has 5 heteroatoms. The smallest absolute Gasteiger partial charge is 0.271 e. The largest absolute Gasteiger partial charge is 0.507 e. The summed E-state index contributed by atoms with van der Waals surface area (Å²) in [6.45, 7) is 0. The summed E-state index contributed by atoms with van der Waals surface area (Å²) >= 11 is 3.32. The Hall–Kier alpha value is -2.66. The van der Waals surface area contributed by atoms with Crippen LogP contribution in [0.2, 0.25) is 0 Å². The van der Waals surface area contributed by atoms with E-state index in [1.165, 1.54) is 6.21 Å². The van der Waals surface area contributed by atoms with E-state index in [0.717, 1.165) is 15.2 Å². The Morgan fingerprint density at radius 1 is 1.04 bits per heavy atom. The number of rotatable bonds is 3. The molecule has 0 aliphatic carbocycles. The summed E-state index contributed by atoms with van der Waals surface area (Å²) in [6.07, 6.45) is 1.40. The topological polar surface area (TPSA) is 61.7 Å². The molecule has 0 aliphatic rings. The third kappa shape index (κ3) is 3.57. The number of aromatic hydroxyl groups is 1. The highest BCUT2D eigenvalue weighted by Gasteiger charge is 2.05. The van der Waals surface area contributed by atoms with Crippen molar-refractivity contribution in [2.24, 2.45) is 5.10 Å². The minimum absolute atomic E-state index is 0.0944. The zero-order chi connectivity index (χ0) is 16.2.